The average Bonchev–Trinajstić information content (AvgIpc) is 2.66. The highest BCUT2D eigenvalue weighted by molar-refractivity contribution is 5.47. The normalized spacial score (nSPS) is 17.1. The quantitative estimate of drug-likeness (QED) is 0.716. The molecule has 3 aromatic rings. The van der Waals surface area contributed by atoms with Crippen molar-refractivity contribution in [2.24, 2.45) is 0 Å². The van der Waals surface area contributed by atoms with Gasteiger partial charge in [-0.2, -0.15) is 0 Å². The Balaban J connectivity index is 1.45. The van der Waals surface area contributed by atoms with Gasteiger partial charge in [0.25, 0.3) is 0 Å². The largest absolute Gasteiger partial charge is 0.497 e. The second-order valence-corrected chi connectivity index (χ2v) is 6.18. The van der Waals surface area contributed by atoms with Crippen molar-refractivity contribution in [1.29, 1.82) is 0 Å². The van der Waals surface area contributed by atoms with Crippen LogP contribution in [0.2, 0.25) is 0 Å². The molecule has 1 aliphatic rings. The van der Waals surface area contributed by atoms with E-state index in [9.17, 15) is 0 Å². The van der Waals surface area contributed by atoms with Crippen molar-refractivity contribution in [3.63, 3.8) is 0 Å². The van der Waals surface area contributed by atoms with Gasteiger partial charge in [-0.3, -0.25) is 9.88 Å². The Morgan fingerprint density at radius 3 is 2.64 bits per heavy atom. The van der Waals surface area contributed by atoms with Crippen molar-refractivity contribution in [3.8, 4) is 17.3 Å². The molecule has 0 bridgehead atoms. The van der Waals surface area contributed by atoms with Crippen LogP contribution in [0.5, 0.6) is 5.75 Å². The van der Waals surface area contributed by atoms with E-state index in [1.807, 2.05) is 36.7 Å². The Kier molecular flexibility index (Phi) is 4.39. The molecule has 3 heterocycles. The third kappa shape index (κ3) is 3.37. The molecule has 0 radical (unpaired) electrons. The third-order valence-corrected chi connectivity index (χ3v) is 4.59. The van der Waals surface area contributed by atoms with E-state index >= 15 is 0 Å². The average molecular weight is 332 g/mol. The molecule has 1 atom stereocenters. The maximum atomic E-state index is 5.34. The summed E-state index contributed by atoms with van der Waals surface area (Å²) in [5, 5.41) is 0. The Bertz CT molecular complexity index is 836. The molecule has 0 amide bonds. The predicted molar refractivity (Wildman–Crippen MR) is 96.0 cm³/mol. The maximum Gasteiger partial charge on any atom is 0.178 e. The van der Waals surface area contributed by atoms with Gasteiger partial charge in [-0.25, -0.2) is 9.97 Å². The van der Waals surface area contributed by atoms with Crippen LogP contribution in [-0.4, -0.2) is 33.5 Å². The molecule has 0 saturated carbocycles. The van der Waals surface area contributed by atoms with Gasteiger partial charge < -0.3 is 4.74 Å². The lowest BCUT2D eigenvalue weighted by molar-refractivity contribution is 0.0815. The van der Waals surface area contributed by atoms with Crippen LogP contribution in [0.1, 0.15) is 23.6 Å². The molecule has 0 unspecified atom stereocenters. The second kappa shape index (κ2) is 6.99. The van der Waals surface area contributed by atoms with Crippen LogP contribution >= 0.6 is 0 Å². The van der Waals surface area contributed by atoms with Crippen molar-refractivity contribution in [2.45, 2.75) is 19.0 Å². The molecular weight excluding hydrogens is 312 g/mol. The summed E-state index contributed by atoms with van der Waals surface area (Å²) >= 11 is 0. The predicted octanol–water partition coefficient (Wildman–Crippen LogP) is 3.49. The fourth-order valence-corrected chi connectivity index (χ4v) is 3.15. The number of nitrogens with zero attached hydrogens (tertiary/aromatic N) is 4. The molecule has 5 nitrogen and oxygen atoms in total. The van der Waals surface area contributed by atoms with E-state index in [0.717, 1.165) is 30.1 Å². The molecule has 1 saturated heterocycles. The number of hydrogen-bond acceptors (Lipinski definition) is 5. The summed E-state index contributed by atoms with van der Waals surface area (Å²) in [5.41, 5.74) is 3.22. The van der Waals surface area contributed by atoms with E-state index in [1.165, 1.54) is 12.0 Å². The minimum Gasteiger partial charge on any atom is -0.497 e. The zero-order valence-electron chi connectivity index (χ0n) is 14.2. The summed E-state index contributed by atoms with van der Waals surface area (Å²) < 4.78 is 5.34. The number of likely N-dealkylation sites (tertiary alicyclic amines) is 1. The molecule has 126 valence electrons. The van der Waals surface area contributed by atoms with Crippen molar-refractivity contribution in [3.05, 3.63) is 72.2 Å². The maximum absolute atomic E-state index is 5.34. The second-order valence-electron chi connectivity index (χ2n) is 6.18. The molecule has 0 aliphatic carbocycles. The van der Waals surface area contributed by atoms with E-state index in [0.29, 0.717) is 11.9 Å². The van der Waals surface area contributed by atoms with E-state index < -0.39 is 0 Å². The van der Waals surface area contributed by atoms with Gasteiger partial charge in [0.05, 0.1) is 7.11 Å². The van der Waals surface area contributed by atoms with Crippen LogP contribution in [0.25, 0.3) is 11.5 Å². The lowest BCUT2D eigenvalue weighted by atomic mass is 9.94. The van der Waals surface area contributed by atoms with Crippen LogP contribution < -0.4 is 4.74 Å². The molecule has 1 aromatic carbocycles. The standard InChI is InChI=1S/C20H20N4O/c1-25-17-6-4-5-16(11-17)19-8-10-24(19)14-15-12-22-20(23-13-15)18-7-2-3-9-21-18/h2-7,9,11-13,19H,8,10,14H2,1H3/t19-/m0/s1. The molecular formula is C20H20N4O. The van der Waals surface area contributed by atoms with Crippen LogP contribution in [-0.2, 0) is 6.54 Å². The van der Waals surface area contributed by atoms with Gasteiger partial charge in [0.15, 0.2) is 5.82 Å². The smallest absolute Gasteiger partial charge is 0.178 e. The number of pyridine rings is 1. The summed E-state index contributed by atoms with van der Waals surface area (Å²) in [6.45, 7) is 1.94. The monoisotopic (exact) mass is 332 g/mol. The number of hydrogen-bond donors (Lipinski definition) is 0. The van der Waals surface area contributed by atoms with Gasteiger partial charge in [0, 0.05) is 43.3 Å². The van der Waals surface area contributed by atoms with Crippen LogP contribution in [0.4, 0.5) is 0 Å². The van der Waals surface area contributed by atoms with Crippen molar-refractivity contribution in [2.75, 3.05) is 13.7 Å². The lowest BCUT2D eigenvalue weighted by Gasteiger charge is -2.41. The first-order chi connectivity index (χ1) is 12.3. The molecule has 2 aromatic heterocycles. The number of rotatable bonds is 5. The van der Waals surface area contributed by atoms with Crippen LogP contribution in [0.3, 0.4) is 0 Å². The zero-order chi connectivity index (χ0) is 17.1. The molecule has 0 N–H and O–H groups in total. The highest BCUT2D eigenvalue weighted by Gasteiger charge is 2.29. The van der Waals surface area contributed by atoms with E-state index in [2.05, 4.69) is 38.1 Å². The molecule has 25 heavy (non-hydrogen) atoms. The fraction of sp³-hybridized carbons (Fsp3) is 0.250. The van der Waals surface area contributed by atoms with E-state index in [1.54, 1.807) is 13.3 Å². The summed E-state index contributed by atoms with van der Waals surface area (Å²) in [6.07, 6.45) is 6.72. The lowest BCUT2D eigenvalue weighted by Crippen LogP contribution is -2.40. The first-order valence-electron chi connectivity index (χ1n) is 8.44. The van der Waals surface area contributed by atoms with Gasteiger partial charge in [0.2, 0.25) is 0 Å². The Labute approximate surface area is 147 Å². The summed E-state index contributed by atoms with van der Waals surface area (Å²) in [6, 6.07) is 14.5. The van der Waals surface area contributed by atoms with Gasteiger partial charge >= 0.3 is 0 Å². The number of benzene rings is 1. The summed E-state index contributed by atoms with van der Waals surface area (Å²) in [4.78, 5) is 15.7. The SMILES string of the molecule is COc1cccc([C@@H]2CCN2Cc2cnc(-c3ccccn3)nc2)c1. The van der Waals surface area contributed by atoms with Crippen LogP contribution in [0.15, 0.2) is 61.1 Å². The van der Waals surface area contributed by atoms with Gasteiger partial charge in [-0.1, -0.05) is 18.2 Å². The summed E-state index contributed by atoms with van der Waals surface area (Å²) in [5.74, 6) is 1.57. The minimum absolute atomic E-state index is 0.436. The Morgan fingerprint density at radius 2 is 1.96 bits per heavy atom. The molecule has 4 rings (SSSR count). The Hall–Kier alpha value is -2.79. The van der Waals surface area contributed by atoms with E-state index in [-0.39, 0.29) is 0 Å². The van der Waals surface area contributed by atoms with Gasteiger partial charge in [-0.05, 0) is 36.2 Å². The first kappa shape index (κ1) is 15.7. The van der Waals surface area contributed by atoms with Crippen molar-refractivity contribution in [1.82, 2.24) is 19.9 Å². The first-order valence-corrected chi connectivity index (χ1v) is 8.44. The highest BCUT2D eigenvalue weighted by atomic mass is 16.5. The highest BCUT2D eigenvalue weighted by Crippen LogP contribution is 2.35. The molecule has 1 fully saturated rings. The summed E-state index contributed by atoms with van der Waals surface area (Å²) in [7, 11) is 1.71. The zero-order valence-corrected chi connectivity index (χ0v) is 14.2. The molecule has 5 heteroatoms. The number of ether oxygens (including phenoxy) is 1. The topological polar surface area (TPSA) is 51.1 Å². The van der Waals surface area contributed by atoms with E-state index in [4.69, 9.17) is 4.74 Å². The number of methoxy groups -OCH3 is 1. The molecule has 1 aliphatic heterocycles. The Morgan fingerprint density at radius 1 is 1.08 bits per heavy atom. The molecule has 0 spiro atoms. The minimum atomic E-state index is 0.436. The van der Waals surface area contributed by atoms with Crippen molar-refractivity contribution >= 4 is 0 Å². The third-order valence-electron chi connectivity index (χ3n) is 4.59. The van der Waals surface area contributed by atoms with Crippen LogP contribution in [0, 0.1) is 0 Å². The van der Waals surface area contributed by atoms with Gasteiger partial charge in [-0.15, -0.1) is 0 Å². The van der Waals surface area contributed by atoms with Gasteiger partial charge in [0.1, 0.15) is 11.4 Å². The fourth-order valence-electron chi connectivity index (χ4n) is 3.15. The number of aromatic nitrogens is 3. The van der Waals surface area contributed by atoms with Crippen molar-refractivity contribution < 1.29 is 4.74 Å².